The quantitative estimate of drug-likeness (QED) is 0.458. The number of rotatable bonds is 4. The van der Waals surface area contributed by atoms with Crippen LogP contribution >= 0.6 is 0 Å². The fraction of sp³-hybridized carbons (Fsp3) is 0.280. The molecule has 0 unspecified atom stereocenters. The normalized spacial score (nSPS) is 16.6. The number of benzene rings is 1. The summed E-state index contributed by atoms with van der Waals surface area (Å²) in [5, 5.41) is 7.20. The van der Waals surface area contributed by atoms with E-state index in [1.807, 2.05) is 25.3 Å². The van der Waals surface area contributed by atoms with Crippen LogP contribution < -0.4 is 10.2 Å². The van der Waals surface area contributed by atoms with Gasteiger partial charge in [-0.15, -0.1) is 0 Å². The molecule has 0 radical (unpaired) electrons. The van der Waals surface area contributed by atoms with Crippen molar-refractivity contribution in [1.29, 1.82) is 0 Å². The molecular weight excluding hydrogens is 473 g/mol. The fourth-order valence-corrected chi connectivity index (χ4v) is 4.57. The van der Waals surface area contributed by atoms with Crippen molar-refractivity contribution < 1.29 is 22.7 Å². The second-order valence-corrected chi connectivity index (χ2v) is 9.40. The van der Waals surface area contributed by atoms with Crippen LogP contribution in [-0.2, 0) is 10.9 Å². The van der Waals surface area contributed by atoms with Crippen molar-refractivity contribution in [3.05, 3.63) is 71.8 Å². The average molecular weight is 494 g/mol. The summed E-state index contributed by atoms with van der Waals surface area (Å²) in [7, 11) is 0. The molecule has 3 aromatic heterocycles. The molecule has 0 aliphatic carbocycles. The summed E-state index contributed by atoms with van der Waals surface area (Å²) in [6.45, 7) is 5.27. The maximum atomic E-state index is 13.2. The number of hydrogen-bond donors (Lipinski definition) is 1. The topological polar surface area (TPSA) is 84.7 Å². The molecule has 6 rings (SSSR count). The number of aryl methyl sites for hydroxylation is 1. The number of alkyl halides is 3. The Morgan fingerprint density at radius 3 is 2.50 bits per heavy atom. The molecule has 5 heterocycles. The van der Waals surface area contributed by atoms with Crippen molar-refractivity contribution in [1.82, 2.24) is 19.6 Å². The first kappa shape index (κ1) is 22.5. The number of fused-ring (bicyclic) bond motifs is 1. The Morgan fingerprint density at radius 2 is 1.83 bits per heavy atom. The van der Waals surface area contributed by atoms with Crippen molar-refractivity contribution >= 4 is 22.8 Å². The minimum atomic E-state index is -4.51. The smallest absolute Gasteiger partial charge is 0.380 e. The monoisotopic (exact) mass is 494 g/mol. The predicted molar refractivity (Wildman–Crippen MR) is 126 cm³/mol. The average Bonchev–Trinajstić information content (AvgIpc) is 3.22. The van der Waals surface area contributed by atoms with Crippen LogP contribution in [0.25, 0.3) is 16.9 Å². The van der Waals surface area contributed by atoms with E-state index >= 15 is 0 Å². The van der Waals surface area contributed by atoms with Gasteiger partial charge in [-0.3, -0.25) is 4.79 Å². The number of ether oxygens (including phenoxy) is 1. The van der Waals surface area contributed by atoms with Crippen molar-refractivity contribution in [2.24, 2.45) is 5.41 Å². The molecule has 4 aromatic rings. The minimum Gasteiger partial charge on any atom is -0.380 e. The highest BCUT2D eigenvalue weighted by atomic mass is 19.4. The lowest BCUT2D eigenvalue weighted by atomic mass is 9.78. The molecule has 0 bridgehead atoms. The Hall–Kier alpha value is -3.99. The zero-order valence-corrected chi connectivity index (χ0v) is 19.2. The molecular formula is C25H21F3N6O2. The van der Waals surface area contributed by atoms with Gasteiger partial charge in [-0.25, -0.2) is 14.5 Å². The zero-order chi connectivity index (χ0) is 25.1. The number of nitrogens with zero attached hydrogens (tertiary/aromatic N) is 5. The highest BCUT2D eigenvalue weighted by Gasteiger charge is 2.49. The van der Waals surface area contributed by atoms with E-state index in [0.717, 1.165) is 49.9 Å². The lowest BCUT2D eigenvalue weighted by molar-refractivity contribution is -0.138. The molecule has 1 aromatic carbocycles. The Balaban J connectivity index is 1.24. The zero-order valence-electron chi connectivity index (χ0n) is 19.2. The molecule has 2 aliphatic heterocycles. The van der Waals surface area contributed by atoms with E-state index in [-0.39, 0.29) is 17.1 Å². The number of hydrogen-bond acceptors (Lipinski definition) is 6. The third kappa shape index (κ3) is 3.85. The number of nitrogens with one attached hydrogen (secondary N) is 1. The van der Waals surface area contributed by atoms with Crippen LogP contribution in [0.2, 0.25) is 0 Å². The minimum absolute atomic E-state index is 0.128. The number of carbonyl (C=O) groups is 1. The third-order valence-corrected chi connectivity index (χ3v) is 6.71. The summed E-state index contributed by atoms with van der Waals surface area (Å²) >= 11 is 0. The first-order chi connectivity index (χ1) is 17.2. The SMILES string of the molecule is Cc1ccc(-c2ncc(C(F)(F)F)cn2)cc1NC(=O)c1cnn2ccc(N3CC4(COC4)C3)cc12. The lowest BCUT2D eigenvalue weighted by Crippen LogP contribution is -2.66. The number of halogens is 3. The van der Waals surface area contributed by atoms with Gasteiger partial charge in [0.15, 0.2) is 5.82 Å². The van der Waals surface area contributed by atoms with Crippen LogP contribution in [0.3, 0.4) is 0 Å². The largest absolute Gasteiger partial charge is 0.419 e. The molecule has 184 valence electrons. The van der Waals surface area contributed by atoms with Gasteiger partial charge in [0.05, 0.1) is 41.5 Å². The van der Waals surface area contributed by atoms with Crippen molar-refractivity contribution in [2.75, 3.05) is 36.5 Å². The van der Waals surface area contributed by atoms with E-state index in [0.29, 0.717) is 22.3 Å². The van der Waals surface area contributed by atoms with Gasteiger partial charge in [0, 0.05) is 48.6 Å². The fourth-order valence-electron chi connectivity index (χ4n) is 4.57. The summed E-state index contributed by atoms with van der Waals surface area (Å²) in [6, 6.07) is 9.03. The number of anilines is 2. The summed E-state index contributed by atoms with van der Waals surface area (Å²) < 4.78 is 45.5. The van der Waals surface area contributed by atoms with Gasteiger partial charge in [-0.05, 0) is 30.7 Å². The predicted octanol–water partition coefficient (Wildman–Crippen LogP) is 4.21. The maximum Gasteiger partial charge on any atom is 0.419 e. The van der Waals surface area contributed by atoms with Crippen molar-refractivity contribution in [3.63, 3.8) is 0 Å². The van der Waals surface area contributed by atoms with Crippen LogP contribution in [0.4, 0.5) is 24.5 Å². The summed E-state index contributed by atoms with van der Waals surface area (Å²) in [5.74, 6) is -0.216. The van der Waals surface area contributed by atoms with Crippen molar-refractivity contribution in [3.8, 4) is 11.4 Å². The number of pyridine rings is 1. The van der Waals surface area contributed by atoms with Gasteiger partial charge < -0.3 is 15.0 Å². The summed E-state index contributed by atoms with van der Waals surface area (Å²) in [5.41, 5.74) is 3.23. The van der Waals surface area contributed by atoms with Gasteiger partial charge in [0.2, 0.25) is 0 Å². The van der Waals surface area contributed by atoms with Gasteiger partial charge in [-0.1, -0.05) is 12.1 Å². The van der Waals surface area contributed by atoms with E-state index in [4.69, 9.17) is 4.74 Å². The summed E-state index contributed by atoms with van der Waals surface area (Å²) in [4.78, 5) is 23.2. The Bertz CT molecular complexity index is 1470. The molecule has 2 aliphatic rings. The first-order valence-corrected chi connectivity index (χ1v) is 11.3. The van der Waals surface area contributed by atoms with Gasteiger partial charge in [0.1, 0.15) is 0 Å². The molecule has 0 atom stereocenters. The molecule has 0 saturated carbocycles. The van der Waals surface area contributed by atoms with Crippen LogP contribution in [0.5, 0.6) is 0 Å². The molecule has 2 saturated heterocycles. The Morgan fingerprint density at radius 1 is 1.08 bits per heavy atom. The van der Waals surface area contributed by atoms with Gasteiger partial charge in [0.25, 0.3) is 5.91 Å². The second kappa shape index (κ2) is 8.02. The van der Waals surface area contributed by atoms with Gasteiger partial charge in [-0.2, -0.15) is 18.3 Å². The first-order valence-electron chi connectivity index (χ1n) is 11.3. The maximum absolute atomic E-state index is 13.2. The molecule has 1 spiro atoms. The molecule has 1 amide bonds. The molecule has 36 heavy (non-hydrogen) atoms. The Labute approximate surface area is 203 Å². The Kier molecular flexibility index (Phi) is 5.01. The van der Waals surface area contributed by atoms with Crippen LogP contribution in [-0.4, -0.2) is 51.8 Å². The molecule has 1 N–H and O–H groups in total. The number of amides is 1. The highest BCUT2D eigenvalue weighted by molar-refractivity contribution is 6.09. The van der Waals surface area contributed by atoms with E-state index in [2.05, 4.69) is 25.3 Å². The standard InChI is InChI=1S/C25H21F3N6O2/c1-15-2-3-16(22-29-8-17(9-30-22)25(26,27)28)6-20(15)32-23(35)19-10-31-34-5-4-18(7-21(19)34)33-11-24(12-33)13-36-14-24/h2-10H,11-14H2,1H3,(H,32,35). The summed E-state index contributed by atoms with van der Waals surface area (Å²) in [6.07, 6.45) is 0.327. The van der Waals surface area contributed by atoms with Gasteiger partial charge >= 0.3 is 6.18 Å². The lowest BCUT2D eigenvalue weighted by Gasteiger charge is -2.56. The van der Waals surface area contributed by atoms with E-state index in [9.17, 15) is 18.0 Å². The molecule has 2 fully saturated rings. The highest BCUT2D eigenvalue weighted by Crippen LogP contribution is 2.40. The number of aromatic nitrogens is 4. The van der Waals surface area contributed by atoms with E-state index in [1.165, 1.54) is 6.20 Å². The van der Waals surface area contributed by atoms with Crippen LogP contribution in [0, 0.1) is 12.3 Å². The van der Waals surface area contributed by atoms with E-state index in [1.54, 1.807) is 22.7 Å². The van der Waals surface area contributed by atoms with E-state index < -0.39 is 11.7 Å². The van der Waals surface area contributed by atoms with Crippen LogP contribution in [0.15, 0.2) is 55.1 Å². The van der Waals surface area contributed by atoms with Crippen LogP contribution in [0.1, 0.15) is 21.5 Å². The number of carbonyl (C=O) groups excluding carboxylic acids is 1. The molecule has 11 heteroatoms. The molecule has 8 nitrogen and oxygen atoms in total. The second-order valence-electron chi connectivity index (χ2n) is 9.40. The van der Waals surface area contributed by atoms with Crippen molar-refractivity contribution in [2.45, 2.75) is 13.1 Å². The third-order valence-electron chi connectivity index (χ3n) is 6.71.